The van der Waals surface area contributed by atoms with E-state index in [-0.39, 0.29) is 30.8 Å². The smallest absolute Gasteiger partial charge is 0.305 e. The molecule has 0 fully saturated rings. The lowest BCUT2D eigenvalue weighted by molar-refractivity contribution is -0.136. The van der Waals surface area contributed by atoms with Gasteiger partial charge in [-0.3, -0.25) is 9.59 Å². The van der Waals surface area contributed by atoms with E-state index in [0.717, 1.165) is 5.69 Å². The third-order valence-electron chi connectivity index (χ3n) is 5.16. The summed E-state index contributed by atoms with van der Waals surface area (Å²) in [7, 11) is 0. The Kier molecular flexibility index (Phi) is 9.28. The number of carbonyl (C=O) groups is 2. The van der Waals surface area contributed by atoms with Gasteiger partial charge in [0.2, 0.25) is 0 Å². The molecule has 3 aromatic rings. The zero-order valence-electron chi connectivity index (χ0n) is 19.3. The highest BCUT2D eigenvalue weighted by atomic mass is 35.5. The molecule has 10 heteroatoms. The zero-order chi connectivity index (χ0) is 25.4. The second-order valence-electron chi connectivity index (χ2n) is 8.15. The summed E-state index contributed by atoms with van der Waals surface area (Å²) < 4.78 is 5.91. The molecule has 1 heterocycles. The molecule has 1 atom stereocenters. The van der Waals surface area contributed by atoms with Crippen LogP contribution in [0.1, 0.15) is 30.6 Å². The number of anilines is 1. The maximum atomic E-state index is 12.1. The predicted octanol–water partition coefficient (Wildman–Crippen LogP) is 5.17. The number of hydrogen-bond acceptors (Lipinski definition) is 6. The number of carbonyl (C=O) groups excluding carboxylic acids is 1. The Balaban J connectivity index is 1.56. The molecule has 0 saturated heterocycles. The summed E-state index contributed by atoms with van der Waals surface area (Å²) in [6, 6.07) is 12.1. The molecular weight excluding hydrogens is 491 g/mol. The van der Waals surface area contributed by atoms with Crippen molar-refractivity contribution in [2.75, 3.05) is 18.5 Å². The Morgan fingerprint density at radius 2 is 1.74 bits per heavy atom. The van der Waals surface area contributed by atoms with Crippen molar-refractivity contribution in [3.8, 4) is 17.1 Å². The molecule has 1 unspecified atom stereocenters. The van der Waals surface area contributed by atoms with Crippen molar-refractivity contribution in [2.45, 2.75) is 26.3 Å². The van der Waals surface area contributed by atoms with E-state index >= 15 is 0 Å². The highest BCUT2D eigenvalue weighted by molar-refractivity contribution is 6.36. The fourth-order valence-electron chi connectivity index (χ4n) is 3.10. The van der Waals surface area contributed by atoms with E-state index in [1.807, 2.05) is 0 Å². The average Bonchev–Trinajstić information content (AvgIpc) is 2.82. The number of rotatable bonds is 11. The molecule has 3 rings (SSSR count). The lowest BCUT2D eigenvalue weighted by atomic mass is 10.0. The van der Waals surface area contributed by atoms with Gasteiger partial charge in [-0.15, -0.1) is 0 Å². The molecule has 0 aliphatic rings. The van der Waals surface area contributed by atoms with E-state index in [0.29, 0.717) is 39.4 Å². The van der Waals surface area contributed by atoms with Crippen LogP contribution < -0.4 is 15.4 Å². The molecule has 3 N–H and O–H groups in total. The van der Waals surface area contributed by atoms with E-state index in [9.17, 15) is 9.59 Å². The number of benzene rings is 2. The molecule has 184 valence electrons. The summed E-state index contributed by atoms with van der Waals surface area (Å²) in [6.45, 7) is 4.61. The van der Waals surface area contributed by atoms with Crippen LogP contribution >= 0.6 is 23.2 Å². The van der Waals surface area contributed by atoms with Crippen LogP contribution in [0.3, 0.4) is 0 Å². The zero-order valence-corrected chi connectivity index (χ0v) is 20.8. The maximum absolute atomic E-state index is 12.1. The third kappa shape index (κ3) is 7.83. The van der Waals surface area contributed by atoms with Gasteiger partial charge in [-0.25, -0.2) is 9.97 Å². The molecule has 2 aromatic carbocycles. The van der Waals surface area contributed by atoms with Crippen LogP contribution in [0.25, 0.3) is 11.4 Å². The van der Waals surface area contributed by atoms with E-state index in [2.05, 4.69) is 34.4 Å². The van der Waals surface area contributed by atoms with Crippen molar-refractivity contribution in [2.24, 2.45) is 5.92 Å². The van der Waals surface area contributed by atoms with Crippen molar-refractivity contribution in [3.05, 3.63) is 70.5 Å². The minimum Gasteiger partial charge on any atom is -0.488 e. The quantitative estimate of drug-likeness (QED) is 0.322. The Morgan fingerprint density at radius 3 is 2.34 bits per heavy atom. The first-order chi connectivity index (χ1) is 16.7. The second-order valence-corrected chi connectivity index (χ2v) is 8.99. The largest absolute Gasteiger partial charge is 0.488 e. The molecule has 0 spiro atoms. The van der Waals surface area contributed by atoms with E-state index < -0.39 is 5.97 Å². The fraction of sp³-hybridized carbons (Fsp3) is 0.280. The van der Waals surface area contributed by atoms with Gasteiger partial charge < -0.3 is 20.5 Å². The summed E-state index contributed by atoms with van der Waals surface area (Å²) in [5, 5.41) is 15.7. The third-order valence-corrected chi connectivity index (χ3v) is 5.71. The normalized spacial score (nSPS) is 11.7. The highest BCUT2D eigenvalue weighted by Crippen LogP contribution is 2.28. The van der Waals surface area contributed by atoms with Gasteiger partial charge in [-0.2, -0.15) is 0 Å². The van der Waals surface area contributed by atoms with Crippen LogP contribution in [0.4, 0.5) is 5.69 Å². The topological polar surface area (TPSA) is 113 Å². The van der Waals surface area contributed by atoms with E-state index in [4.69, 9.17) is 33.0 Å². The van der Waals surface area contributed by atoms with Gasteiger partial charge in [0.1, 0.15) is 6.61 Å². The van der Waals surface area contributed by atoms with Crippen molar-refractivity contribution >= 4 is 40.8 Å². The Hall–Kier alpha value is -3.36. The number of carboxylic acid groups (broad SMARTS) is 1. The summed E-state index contributed by atoms with van der Waals surface area (Å²) in [5.74, 6) is -0.0171. The first-order valence-corrected chi connectivity index (χ1v) is 11.8. The van der Waals surface area contributed by atoms with Gasteiger partial charge in [0, 0.05) is 28.4 Å². The molecule has 0 bridgehead atoms. The summed E-state index contributed by atoms with van der Waals surface area (Å²) in [6.07, 6.45) is 3.08. The minimum atomic E-state index is -0.958. The molecule has 0 saturated carbocycles. The molecular formula is C25H26Cl2N4O4. The van der Waals surface area contributed by atoms with Gasteiger partial charge in [-0.05, 0) is 48.4 Å². The van der Waals surface area contributed by atoms with Crippen LogP contribution in [-0.2, 0) is 4.79 Å². The number of carboxylic acids is 1. The Bertz CT molecular complexity index is 1160. The van der Waals surface area contributed by atoms with Crippen molar-refractivity contribution in [1.29, 1.82) is 0 Å². The van der Waals surface area contributed by atoms with Crippen molar-refractivity contribution in [1.82, 2.24) is 15.3 Å². The Morgan fingerprint density at radius 1 is 1.06 bits per heavy atom. The fourth-order valence-corrected chi connectivity index (χ4v) is 3.60. The number of nitrogens with zero attached hydrogens (tertiary/aromatic N) is 2. The first-order valence-electron chi connectivity index (χ1n) is 11.0. The van der Waals surface area contributed by atoms with Gasteiger partial charge >= 0.3 is 5.97 Å². The lowest BCUT2D eigenvalue weighted by Crippen LogP contribution is -2.32. The van der Waals surface area contributed by atoms with Crippen LogP contribution in [0.2, 0.25) is 10.0 Å². The maximum Gasteiger partial charge on any atom is 0.305 e. The number of aromatic nitrogens is 2. The van der Waals surface area contributed by atoms with E-state index in [1.165, 1.54) is 0 Å². The van der Waals surface area contributed by atoms with Gasteiger partial charge in [-0.1, -0.05) is 37.0 Å². The molecule has 0 radical (unpaired) electrons. The number of hydrogen-bond donors (Lipinski definition) is 3. The molecule has 1 aromatic heterocycles. The summed E-state index contributed by atoms with van der Waals surface area (Å²) in [5.41, 5.74) is 1.97. The molecule has 1 amide bonds. The lowest BCUT2D eigenvalue weighted by Gasteiger charge is -2.24. The van der Waals surface area contributed by atoms with Crippen molar-refractivity contribution < 1.29 is 19.4 Å². The van der Waals surface area contributed by atoms with Gasteiger partial charge in [0.15, 0.2) is 11.6 Å². The number of amides is 1. The SMILES string of the molecule is CC(C)C(COc1cnc(-c2ccc(Cl)cc2Cl)nc1)Nc1ccc(C(=O)NCCC(=O)O)cc1. The minimum absolute atomic E-state index is 0.0179. The second kappa shape index (κ2) is 12.4. The molecule has 0 aliphatic carbocycles. The van der Waals surface area contributed by atoms with Gasteiger partial charge in [0.25, 0.3) is 5.91 Å². The van der Waals surface area contributed by atoms with Crippen molar-refractivity contribution in [3.63, 3.8) is 0 Å². The average molecular weight is 517 g/mol. The van der Waals surface area contributed by atoms with Crippen LogP contribution in [-0.4, -0.2) is 46.1 Å². The highest BCUT2D eigenvalue weighted by Gasteiger charge is 2.16. The first kappa shape index (κ1) is 26.2. The number of ether oxygens (including phenoxy) is 1. The standard InChI is InChI=1S/C25H26Cl2N4O4/c1-15(2)22(31-18-6-3-16(4-7-18)25(34)28-10-9-23(32)33)14-35-19-12-29-24(30-13-19)20-8-5-17(26)11-21(20)27/h3-8,11-13,15,22,31H,9-10,14H2,1-2H3,(H,28,34)(H,32,33). The molecule has 8 nitrogen and oxygen atoms in total. The summed E-state index contributed by atoms with van der Waals surface area (Å²) >= 11 is 12.2. The van der Waals surface area contributed by atoms with E-state index in [1.54, 1.807) is 54.9 Å². The van der Waals surface area contributed by atoms with Crippen LogP contribution in [0, 0.1) is 5.92 Å². The Labute approximate surface area is 213 Å². The predicted molar refractivity (Wildman–Crippen MR) is 136 cm³/mol. The van der Waals surface area contributed by atoms with Crippen LogP contribution in [0.15, 0.2) is 54.9 Å². The number of nitrogens with one attached hydrogen (secondary N) is 2. The monoisotopic (exact) mass is 516 g/mol. The van der Waals surface area contributed by atoms with Crippen LogP contribution in [0.5, 0.6) is 5.75 Å². The number of aliphatic carboxylic acids is 1. The molecule has 0 aliphatic heterocycles. The van der Waals surface area contributed by atoms with Gasteiger partial charge in [0.05, 0.1) is 29.9 Å². The number of halogens is 2. The summed E-state index contributed by atoms with van der Waals surface area (Å²) in [4.78, 5) is 31.4. The molecule has 35 heavy (non-hydrogen) atoms.